The fraction of sp³-hybridized carbons (Fsp3) is 0.538. The van der Waals surface area contributed by atoms with Gasteiger partial charge in [-0.3, -0.25) is 0 Å². The summed E-state index contributed by atoms with van der Waals surface area (Å²) in [6.07, 6.45) is 0. The van der Waals surface area contributed by atoms with Crippen LogP contribution in [0.4, 0.5) is 5.69 Å². The smallest absolute Gasteiger partial charge is 0.0508 e. The van der Waals surface area contributed by atoms with Crippen molar-refractivity contribution in [1.29, 1.82) is 0 Å². The summed E-state index contributed by atoms with van der Waals surface area (Å²) in [4.78, 5) is 2.23. The Morgan fingerprint density at radius 1 is 1.38 bits per heavy atom. The van der Waals surface area contributed by atoms with Crippen molar-refractivity contribution in [3.63, 3.8) is 0 Å². The Kier molecular flexibility index (Phi) is 5.29. The number of rotatable bonds is 5. The zero-order valence-electron chi connectivity index (χ0n) is 10.5. The molecule has 0 amide bonds. The van der Waals surface area contributed by atoms with Crippen LogP contribution >= 0.6 is 15.9 Å². The Balaban J connectivity index is 2.74. The van der Waals surface area contributed by atoms with Gasteiger partial charge in [-0.2, -0.15) is 0 Å². The summed E-state index contributed by atoms with van der Waals surface area (Å²) >= 11 is 3.63. The van der Waals surface area contributed by atoms with Crippen LogP contribution in [0.2, 0.25) is 0 Å². The summed E-state index contributed by atoms with van der Waals surface area (Å²) in [6, 6.07) is 7.07. The van der Waals surface area contributed by atoms with Crippen LogP contribution in [0.3, 0.4) is 0 Å². The molecule has 1 aromatic rings. The third-order valence-electron chi connectivity index (χ3n) is 2.61. The summed E-state index contributed by atoms with van der Waals surface area (Å²) in [5.41, 5.74) is 2.56. The molecule has 0 saturated carbocycles. The molecule has 0 saturated heterocycles. The molecule has 1 aromatic carbocycles. The average molecular weight is 285 g/mol. The molecule has 0 aliphatic heterocycles. The molecule has 0 heterocycles. The van der Waals surface area contributed by atoms with Crippen LogP contribution in [-0.2, 0) is 6.54 Å². The standard InChI is InChI=1S/C13H21BrN2/c1-5-16(4)13-7-6-11(8-12(13)14)9-15-10(2)3/h6-8,10,15H,5,9H2,1-4H3. The van der Waals surface area contributed by atoms with E-state index in [-0.39, 0.29) is 0 Å². The number of hydrogen-bond acceptors (Lipinski definition) is 2. The number of halogens is 1. The molecule has 0 atom stereocenters. The third kappa shape index (κ3) is 3.80. The van der Waals surface area contributed by atoms with E-state index in [4.69, 9.17) is 0 Å². The van der Waals surface area contributed by atoms with E-state index in [1.807, 2.05) is 0 Å². The Morgan fingerprint density at radius 3 is 2.56 bits per heavy atom. The van der Waals surface area contributed by atoms with Gasteiger partial charge in [0.2, 0.25) is 0 Å². The normalized spacial score (nSPS) is 10.9. The van der Waals surface area contributed by atoms with Gasteiger partial charge in [-0.05, 0) is 40.5 Å². The first-order valence-corrected chi connectivity index (χ1v) is 6.56. The van der Waals surface area contributed by atoms with Crippen LogP contribution in [0.15, 0.2) is 22.7 Å². The van der Waals surface area contributed by atoms with E-state index in [9.17, 15) is 0 Å². The number of nitrogens with one attached hydrogen (secondary N) is 1. The van der Waals surface area contributed by atoms with Crippen molar-refractivity contribution in [3.8, 4) is 0 Å². The molecule has 1 N–H and O–H groups in total. The molecule has 0 spiro atoms. The van der Waals surface area contributed by atoms with E-state index in [0.29, 0.717) is 6.04 Å². The lowest BCUT2D eigenvalue weighted by Gasteiger charge is -2.19. The van der Waals surface area contributed by atoms with Crippen molar-refractivity contribution in [2.24, 2.45) is 0 Å². The van der Waals surface area contributed by atoms with E-state index < -0.39 is 0 Å². The van der Waals surface area contributed by atoms with Crippen LogP contribution in [0, 0.1) is 0 Å². The minimum atomic E-state index is 0.525. The van der Waals surface area contributed by atoms with Gasteiger partial charge in [-0.15, -0.1) is 0 Å². The molecule has 0 aliphatic rings. The molecule has 2 nitrogen and oxygen atoms in total. The van der Waals surface area contributed by atoms with Crippen LogP contribution in [0.25, 0.3) is 0 Å². The van der Waals surface area contributed by atoms with Crippen molar-refractivity contribution in [2.75, 3.05) is 18.5 Å². The first kappa shape index (κ1) is 13.5. The number of nitrogens with zero attached hydrogens (tertiary/aromatic N) is 1. The summed E-state index contributed by atoms with van der Waals surface area (Å²) in [7, 11) is 2.10. The highest BCUT2D eigenvalue weighted by Crippen LogP contribution is 2.26. The van der Waals surface area contributed by atoms with E-state index in [1.54, 1.807) is 0 Å². The van der Waals surface area contributed by atoms with E-state index in [2.05, 4.69) is 72.2 Å². The molecule has 0 aliphatic carbocycles. The van der Waals surface area contributed by atoms with Crippen LogP contribution < -0.4 is 10.2 Å². The third-order valence-corrected chi connectivity index (χ3v) is 3.25. The van der Waals surface area contributed by atoms with Crippen LogP contribution in [0.1, 0.15) is 26.3 Å². The van der Waals surface area contributed by atoms with Crippen molar-refractivity contribution < 1.29 is 0 Å². The number of hydrogen-bond donors (Lipinski definition) is 1. The second kappa shape index (κ2) is 6.26. The Hall–Kier alpha value is -0.540. The Morgan fingerprint density at radius 2 is 2.06 bits per heavy atom. The minimum absolute atomic E-state index is 0.525. The highest BCUT2D eigenvalue weighted by Gasteiger charge is 2.05. The fourth-order valence-corrected chi connectivity index (χ4v) is 2.19. The molecular weight excluding hydrogens is 264 g/mol. The first-order chi connectivity index (χ1) is 7.54. The van der Waals surface area contributed by atoms with Crippen LogP contribution in [-0.4, -0.2) is 19.6 Å². The Bertz CT molecular complexity index is 337. The van der Waals surface area contributed by atoms with Crippen molar-refractivity contribution in [3.05, 3.63) is 28.2 Å². The minimum Gasteiger partial charge on any atom is -0.374 e. The lowest BCUT2D eigenvalue weighted by Crippen LogP contribution is -2.22. The fourth-order valence-electron chi connectivity index (χ4n) is 1.46. The van der Waals surface area contributed by atoms with E-state index >= 15 is 0 Å². The maximum absolute atomic E-state index is 3.63. The zero-order valence-corrected chi connectivity index (χ0v) is 12.1. The lowest BCUT2D eigenvalue weighted by atomic mass is 10.2. The number of anilines is 1. The van der Waals surface area contributed by atoms with Gasteiger partial charge in [0, 0.05) is 30.7 Å². The Labute approximate surface area is 107 Å². The van der Waals surface area contributed by atoms with Gasteiger partial charge in [0.1, 0.15) is 0 Å². The van der Waals surface area contributed by atoms with E-state index in [0.717, 1.165) is 13.1 Å². The average Bonchev–Trinajstić information content (AvgIpc) is 2.25. The monoisotopic (exact) mass is 284 g/mol. The molecule has 0 unspecified atom stereocenters. The lowest BCUT2D eigenvalue weighted by molar-refractivity contribution is 0.589. The van der Waals surface area contributed by atoms with Gasteiger partial charge >= 0.3 is 0 Å². The van der Waals surface area contributed by atoms with E-state index in [1.165, 1.54) is 15.7 Å². The first-order valence-electron chi connectivity index (χ1n) is 5.77. The molecule has 0 radical (unpaired) electrons. The zero-order chi connectivity index (χ0) is 12.1. The largest absolute Gasteiger partial charge is 0.374 e. The van der Waals surface area contributed by atoms with Gasteiger partial charge in [-0.1, -0.05) is 19.9 Å². The maximum atomic E-state index is 3.63. The quantitative estimate of drug-likeness (QED) is 0.892. The maximum Gasteiger partial charge on any atom is 0.0508 e. The van der Waals surface area contributed by atoms with Gasteiger partial charge in [0.15, 0.2) is 0 Å². The molecule has 16 heavy (non-hydrogen) atoms. The van der Waals surface area contributed by atoms with Crippen molar-refractivity contribution >= 4 is 21.6 Å². The van der Waals surface area contributed by atoms with Gasteiger partial charge < -0.3 is 10.2 Å². The second-order valence-corrected chi connectivity index (χ2v) is 5.19. The molecule has 0 bridgehead atoms. The predicted molar refractivity (Wildman–Crippen MR) is 75.1 cm³/mol. The van der Waals surface area contributed by atoms with Crippen molar-refractivity contribution in [1.82, 2.24) is 5.32 Å². The molecule has 1 rings (SSSR count). The number of benzene rings is 1. The molecule has 3 heteroatoms. The SMILES string of the molecule is CCN(C)c1ccc(CNC(C)C)cc1Br. The highest BCUT2D eigenvalue weighted by molar-refractivity contribution is 9.10. The second-order valence-electron chi connectivity index (χ2n) is 4.34. The summed E-state index contributed by atoms with van der Waals surface area (Å²) in [6.45, 7) is 8.41. The molecule has 90 valence electrons. The molecule has 0 aromatic heterocycles. The van der Waals surface area contributed by atoms with Crippen LogP contribution in [0.5, 0.6) is 0 Å². The molecular formula is C13H21BrN2. The summed E-state index contributed by atoms with van der Waals surface area (Å²) in [5, 5.41) is 3.42. The van der Waals surface area contributed by atoms with Gasteiger partial charge in [0.05, 0.1) is 5.69 Å². The van der Waals surface area contributed by atoms with Gasteiger partial charge in [0.25, 0.3) is 0 Å². The molecule has 0 fully saturated rings. The topological polar surface area (TPSA) is 15.3 Å². The highest BCUT2D eigenvalue weighted by atomic mass is 79.9. The summed E-state index contributed by atoms with van der Waals surface area (Å²) < 4.78 is 1.17. The summed E-state index contributed by atoms with van der Waals surface area (Å²) in [5.74, 6) is 0. The van der Waals surface area contributed by atoms with Crippen molar-refractivity contribution in [2.45, 2.75) is 33.4 Å². The van der Waals surface area contributed by atoms with Gasteiger partial charge in [-0.25, -0.2) is 0 Å². The predicted octanol–water partition coefficient (Wildman–Crippen LogP) is 3.40.